The van der Waals surface area contributed by atoms with Gasteiger partial charge in [0.1, 0.15) is 12.4 Å². The molecule has 2 aliphatic rings. The van der Waals surface area contributed by atoms with Crippen molar-refractivity contribution in [1.82, 2.24) is 10.2 Å². The highest BCUT2D eigenvalue weighted by atomic mass is 32.2. The number of carbonyl (C=O) groups excluding carboxylic acids is 1. The Morgan fingerprint density at radius 3 is 2.96 bits per heavy atom. The van der Waals surface area contributed by atoms with Crippen LogP contribution in [0, 0.1) is 0 Å². The highest BCUT2D eigenvalue weighted by Crippen LogP contribution is 2.33. The van der Waals surface area contributed by atoms with Gasteiger partial charge in [-0.05, 0) is 29.9 Å². The number of nitrogens with one attached hydrogen (secondary N) is 1. The molecule has 3 rings (SSSR count). The summed E-state index contributed by atoms with van der Waals surface area (Å²) in [6.45, 7) is 4.61. The van der Waals surface area contributed by atoms with E-state index < -0.39 is 0 Å². The van der Waals surface area contributed by atoms with Crippen LogP contribution in [0.1, 0.15) is 12.0 Å². The van der Waals surface area contributed by atoms with Crippen molar-refractivity contribution in [3.8, 4) is 5.75 Å². The molecule has 2 fully saturated rings. The summed E-state index contributed by atoms with van der Waals surface area (Å²) < 4.78 is 16.2. The summed E-state index contributed by atoms with van der Waals surface area (Å²) in [6.07, 6.45) is 1.11. The van der Waals surface area contributed by atoms with Crippen molar-refractivity contribution in [2.45, 2.75) is 18.6 Å². The van der Waals surface area contributed by atoms with Gasteiger partial charge in [-0.3, -0.25) is 9.69 Å². The summed E-state index contributed by atoms with van der Waals surface area (Å²) in [5, 5.41) is 3.09. The molecule has 0 aliphatic carbocycles. The molecule has 7 heteroatoms. The summed E-state index contributed by atoms with van der Waals surface area (Å²) in [6, 6.07) is 7.69. The predicted octanol–water partition coefficient (Wildman–Crippen LogP) is 1.54. The zero-order valence-electron chi connectivity index (χ0n) is 15.4. The van der Waals surface area contributed by atoms with Gasteiger partial charge in [0.05, 0.1) is 26.9 Å². The summed E-state index contributed by atoms with van der Waals surface area (Å²) in [5.41, 5.74) is 1.06. The first-order valence-corrected chi connectivity index (χ1v) is 10.3. The zero-order valence-corrected chi connectivity index (χ0v) is 16.2. The molecule has 1 atom stereocenters. The minimum atomic E-state index is -0.0579. The van der Waals surface area contributed by atoms with Crippen LogP contribution < -0.4 is 10.1 Å². The Labute approximate surface area is 159 Å². The average Bonchev–Trinajstić information content (AvgIpc) is 3.17. The molecule has 1 amide bonds. The molecule has 144 valence electrons. The number of morpholine rings is 1. The van der Waals surface area contributed by atoms with Crippen LogP contribution in [0.15, 0.2) is 24.3 Å². The summed E-state index contributed by atoms with van der Waals surface area (Å²) in [7, 11) is 1.64. The van der Waals surface area contributed by atoms with Gasteiger partial charge in [0, 0.05) is 30.9 Å². The molecule has 0 spiro atoms. The van der Waals surface area contributed by atoms with Crippen LogP contribution in [0.2, 0.25) is 0 Å². The lowest BCUT2D eigenvalue weighted by Gasteiger charge is -2.43. The van der Waals surface area contributed by atoms with E-state index in [4.69, 9.17) is 14.2 Å². The maximum absolute atomic E-state index is 12.2. The Balaban J connectivity index is 1.43. The minimum Gasteiger partial charge on any atom is -0.497 e. The predicted molar refractivity (Wildman–Crippen MR) is 103 cm³/mol. The quantitative estimate of drug-likeness (QED) is 0.738. The van der Waals surface area contributed by atoms with Crippen LogP contribution in [0.3, 0.4) is 0 Å². The van der Waals surface area contributed by atoms with Crippen LogP contribution in [0.5, 0.6) is 5.75 Å². The lowest BCUT2D eigenvalue weighted by atomic mass is 9.95. The molecule has 1 N–H and O–H groups in total. The summed E-state index contributed by atoms with van der Waals surface area (Å²) >= 11 is 1.97. The van der Waals surface area contributed by atoms with Gasteiger partial charge in [0.15, 0.2) is 0 Å². The van der Waals surface area contributed by atoms with Crippen LogP contribution in [-0.2, 0) is 20.9 Å². The fourth-order valence-electron chi connectivity index (χ4n) is 3.47. The third-order valence-corrected chi connectivity index (χ3v) is 6.25. The second-order valence-corrected chi connectivity index (χ2v) is 7.85. The molecule has 2 saturated heterocycles. The van der Waals surface area contributed by atoms with E-state index in [1.165, 1.54) is 0 Å². The smallest absolute Gasteiger partial charge is 0.246 e. The fraction of sp³-hybridized carbons (Fsp3) is 0.632. The molecule has 26 heavy (non-hydrogen) atoms. The molecule has 2 heterocycles. The number of methoxy groups -OCH3 is 1. The molecule has 1 aromatic carbocycles. The van der Waals surface area contributed by atoms with E-state index in [-0.39, 0.29) is 18.1 Å². The molecule has 1 aromatic rings. The van der Waals surface area contributed by atoms with Crippen LogP contribution in [0.25, 0.3) is 0 Å². The Kier molecular flexibility index (Phi) is 7.19. The monoisotopic (exact) mass is 380 g/mol. The number of rotatable bonds is 8. The highest BCUT2D eigenvalue weighted by Gasteiger charge is 2.40. The molecule has 2 aliphatic heterocycles. The summed E-state index contributed by atoms with van der Waals surface area (Å²) in [4.78, 5) is 14.7. The van der Waals surface area contributed by atoms with Gasteiger partial charge in [0.25, 0.3) is 0 Å². The Bertz CT molecular complexity index is 587. The normalized spacial score (nSPS) is 23.7. The second-order valence-electron chi connectivity index (χ2n) is 6.75. The number of hydrogen-bond donors (Lipinski definition) is 1. The van der Waals surface area contributed by atoms with Gasteiger partial charge in [-0.15, -0.1) is 0 Å². The number of benzene rings is 1. The van der Waals surface area contributed by atoms with E-state index in [0.29, 0.717) is 13.2 Å². The van der Waals surface area contributed by atoms with Crippen molar-refractivity contribution in [1.29, 1.82) is 0 Å². The van der Waals surface area contributed by atoms with Crippen molar-refractivity contribution in [3.63, 3.8) is 0 Å². The third-order valence-electron chi connectivity index (χ3n) is 5.02. The first-order chi connectivity index (χ1) is 12.7. The number of hydrogen-bond acceptors (Lipinski definition) is 6. The van der Waals surface area contributed by atoms with Crippen LogP contribution >= 0.6 is 11.8 Å². The van der Waals surface area contributed by atoms with E-state index in [2.05, 4.69) is 10.2 Å². The Morgan fingerprint density at radius 2 is 2.23 bits per heavy atom. The highest BCUT2D eigenvalue weighted by molar-refractivity contribution is 7.99. The van der Waals surface area contributed by atoms with Gasteiger partial charge in [-0.25, -0.2) is 0 Å². The molecular formula is C19H28N2O4S. The first-order valence-electron chi connectivity index (χ1n) is 9.10. The molecule has 0 radical (unpaired) electrons. The van der Waals surface area contributed by atoms with Crippen molar-refractivity contribution in [2.75, 3.05) is 58.1 Å². The molecule has 0 bridgehead atoms. The van der Waals surface area contributed by atoms with E-state index in [9.17, 15) is 4.79 Å². The standard InChI is InChI=1S/C19H28N2O4S/c1-23-17-4-2-3-16(11-17)12-25-13-18(22)20-14-19(5-10-26-15-19)21-6-8-24-9-7-21/h2-4,11H,5-10,12-15H2,1H3,(H,20,22)/t19-/m0/s1. The lowest BCUT2D eigenvalue weighted by Crippen LogP contribution is -2.59. The van der Waals surface area contributed by atoms with E-state index in [0.717, 1.165) is 55.5 Å². The van der Waals surface area contributed by atoms with E-state index >= 15 is 0 Å². The number of nitrogens with zero attached hydrogens (tertiary/aromatic N) is 1. The van der Waals surface area contributed by atoms with Crippen LogP contribution in [-0.4, -0.2) is 74.4 Å². The van der Waals surface area contributed by atoms with Gasteiger partial charge < -0.3 is 19.5 Å². The van der Waals surface area contributed by atoms with E-state index in [1.54, 1.807) is 7.11 Å². The summed E-state index contributed by atoms with van der Waals surface area (Å²) in [5.74, 6) is 2.96. The van der Waals surface area contributed by atoms with Crippen LogP contribution in [0.4, 0.5) is 0 Å². The van der Waals surface area contributed by atoms with E-state index in [1.807, 2.05) is 36.0 Å². The number of ether oxygens (including phenoxy) is 3. The fourth-order valence-corrected chi connectivity index (χ4v) is 4.95. The number of carbonyl (C=O) groups is 1. The Morgan fingerprint density at radius 1 is 1.38 bits per heavy atom. The SMILES string of the molecule is COc1cccc(COCC(=O)NC[C@@]2(N3CCOCC3)CCSC2)c1. The molecule has 6 nitrogen and oxygen atoms in total. The zero-order chi connectivity index (χ0) is 18.2. The largest absolute Gasteiger partial charge is 0.497 e. The molecule has 0 unspecified atom stereocenters. The van der Waals surface area contributed by atoms with Gasteiger partial charge in [0.2, 0.25) is 5.91 Å². The third kappa shape index (κ3) is 5.13. The first kappa shape index (κ1) is 19.5. The van der Waals surface area contributed by atoms with Crippen molar-refractivity contribution in [3.05, 3.63) is 29.8 Å². The molecule has 0 saturated carbocycles. The maximum atomic E-state index is 12.2. The molecular weight excluding hydrogens is 352 g/mol. The second kappa shape index (κ2) is 9.60. The topological polar surface area (TPSA) is 60.0 Å². The van der Waals surface area contributed by atoms with Crippen molar-refractivity contribution in [2.24, 2.45) is 0 Å². The van der Waals surface area contributed by atoms with Gasteiger partial charge in [-0.1, -0.05) is 12.1 Å². The minimum absolute atomic E-state index is 0.0579. The average molecular weight is 381 g/mol. The van der Waals surface area contributed by atoms with Crippen molar-refractivity contribution >= 4 is 17.7 Å². The lowest BCUT2D eigenvalue weighted by molar-refractivity contribution is -0.126. The molecule has 0 aromatic heterocycles. The van der Waals surface area contributed by atoms with Gasteiger partial charge >= 0.3 is 0 Å². The maximum Gasteiger partial charge on any atom is 0.246 e. The van der Waals surface area contributed by atoms with Crippen molar-refractivity contribution < 1.29 is 19.0 Å². The van der Waals surface area contributed by atoms with Gasteiger partial charge in [-0.2, -0.15) is 11.8 Å². The number of amides is 1. The number of thioether (sulfide) groups is 1. The Hall–Kier alpha value is -1.28.